The molecule has 8 atom stereocenters. The topological polar surface area (TPSA) is 83.8 Å². The number of carbonyl (C=O) groups is 2. The molecule has 0 aromatic rings. The van der Waals surface area contributed by atoms with Gasteiger partial charge in [0, 0.05) is 16.7 Å². The molecule has 5 nitrogen and oxygen atoms in total. The zero-order valence-corrected chi connectivity index (χ0v) is 15.6. The summed E-state index contributed by atoms with van der Waals surface area (Å²) in [4.78, 5) is 24.1. The Kier molecular flexibility index (Phi) is 4.07. The molecule has 2 N–H and O–H groups in total. The molecule has 0 radical (unpaired) electrons. The number of fused-ring (bicyclic) bond motifs is 5. The molecule has 0 aromatic heterocycles. The van der Waals surface area contributed by atoms with Crippen LogP contribution in [0.4, 0.5) is 0 Å². The molecule has 3 aliphatic carbocycles. The predicted octanol–water partition coefficient (Wildman–Crippen LogP) is 1.68. The SMILES string of the molecule is C[C@H]1C[C@H]2C3CO[C@H](C(=O)CO)C3(C)C[C@H](O)[C@@H]2C2(C)C=CC(=O)C=C12. The van der Waals surface area contributed by atoms with Gasteiger partial charge in [-0.15, -0.1) is 0 Å². The molecule has 5 heteroatoms. The van der Waals surface area contributed by atoms with Crippen LogP contribution in [0.2, 0.25) is 0 Å². The van der Waals surface area contributed by atoms with Crippen LogP contribution in [0.25, 0.3) is 0 Å². The minimum atomic E-state index is -0.642. The number of ether oxygens (including phenoxy) is 1. The van der Waals surface area contributed by atoms with Crippen molar-refractivity contribution in [1.82, 2.24) is 0 Å². The number of ketones is 2. The van der Waals surface area contributed by atoms with Crippen molar-refractivity contribution in [2.75, 3.05) is 13.2 Å². The summed E-state index contributed by atoms with van der Waals surface area (Å²) in [6.45, 7) is 6.28. The van der Waals surface area contributed by atoms with Gasteiger partial charge >= 0.3 is 0 Å². The van der Waals surface area contributed by atoms with E-state index in [-0.39, 0.29) is 40.7 Å². The zero-order chi connectivity index (χ0) is 18.9. The monoisotopic (exact) mass is 360 g/mol. The average Bonchev–Trinajstić information content (AvgIpc) is 2.92. The van der Waals surface area contributed by atoms with Gasteiger partial charge in [0.15, 0.2) is 11.6 Å². The van der Waals surface area contributed by atoms with E-state index in [0.29, 0.717) is 13.0 Å². The van der Waals surface area contributed by atoms with Gasteiger partial charge in [-0.1, -0.05) is 32.4 Å². The summed E-state index contributed by atoms with van der Waals surface area (Å²) in [5, 5.41) is 20.5. The first kappa shape index (κ1) is 18.1. The minimum absolute atomic E-state index is 0.0129. The van der Waals surface area contributed by atoms with Crippen LogP contribution in [-0.4, -0.2) is 47.2 Å². The van der Waals surface area contributed by atoms with Crippen LogP contribution in [-0.2, 0) is 14.3 Å². The standard InChI is InChI=1S/C21H28O5/c1-11-6-13-15-10-26-19(17(25)9-22)21(15,3)8-16(24)18(13)20(2)5-4-12(23)7-14(11)20/h4-5,7,11,13,15-16,18-19,22,24H,6,8-10H2,1-3H3/t11-,13-,15?,16-,18+,19+,20?,21?/m0/s1. The molecule has 26 heavy (non-hydrogen) atoms. The molecule has 0 spiro atoms. The second kappa shape index (κ2) is 5.85. The molecule has 4 aliphatic rings. The van der Waals surface area contributed by atoms with Gasteiger partial charge in [-0.05, 0) is 42.7 Å². The number of allylic oxidation sites excluding steroid dienone is 4. The third-order valence-electron chi connectivity index (χ3n) is 7.74. The Morgan fingerprint density at radius 3 is 2.81 bits per heavy atom. The van der Waals surface area contributed by atoms with Crippen molar-refractivity contribution in [3.05, 3.63) is 23.8 Å². The van der Waals surface area contributed by atoms with Crippen molar-refractivity contribution in [2.45, 2.75) is 45.8 Å². The van der Waals surface area contributed by atoms with Crippen LogP contribution in [0.3, 0.4) is 0 Å². The number of hydrogen-bond acceptors (Lipinski definition) is 5. The second-order valence-corrected chi connectivity index (χ2v) is 9.17. The van der Waals surface area contributed by atoms with E-state index in [2.05, 4.69) is 13.8 Å². The second-order valence-electron chi connectivity index (χ2n) is 9.17. The Morgan fingerprint density at radius 1 is 1.38 bits per heavy atom. The zero-order valence-electron chi connectivity index (χ0n) is 15.6. The van der Waals surface area contributed by atoms with Crippen molar-refractivity contribution >= 4 is 11.6 Å². The van der Waals surface area contributed by atoms with E-state index in [1.54, 1.807) is 12.2 Å². The highest BCUT2D eigenvalue weighted by atomic mass is 16.5. The van der Waals surface area contributed by atoms with Crippen LogP contribution < -0.4 is 0 Å². The largest absolute Gasteiger partial charge is 0.393 e. The minimum Gasteiger partial charge on any atom is -0.393 e. The highest BCUT2D eigenvalue weighted by Crippen LogP contribution is 2.64. The summed E-state index contributed by atoms with van der Waals surface area (Å²) in [7, 11) is 0. The van der Waals surface area contributed by atoms with Gasteiger partial charge in [0.05, 0.1) is 12.7 Å². The lowest BCUT2D eigenvalue weighted by atomic mass is 9.45. The predicted molar refractivity (Wildman–Crippen MR) is 95.2 cm³/mol. The first-order chi connectivity index (χ1) is 12.2. The molecule has 1 heterocycles. The van der Waals surface area contributed by atoms with E-state index in [0.717, 1.165) is 12.0 Å². The van der Waals surface area contributed by atoms with E-state index in [9.17, 15) is 19.8 Å². The molecule has 0 amide bonds. The summed E-state index contributed by atoms with van der Waals surface area (Å²) in [5.41, 5.74) is 0.331. The highest BCUT2D eigenvalue weighted by Gasteiger charge is 2.64. The summed E-state index contributed by atoms with van der Waals surface area (Å²) < 4.78 is 5.87. The smallest absolute Gasteiger partial charge is 0.187 e. The Labute approximate surface area is 154 Å². The molecule has 0 aromatic carbocycles. The number of aliphatic hydroxyl groups is 2. The lowest BCUT2D eigenvalue weighted by Gasteiger charge is -2.59. The fraction of sp³-hybridized carbons (Fsp3) is 0.714. The molecule has 1 saturated heterocycles. The van der Waals surface area contributed by atoms with Crippen LogP contribution in [0.1, 0.15) is 33.6 Å². The number of rotatable bonds is 2. The highest BCUT2D eigenvalue weighted by molar-refractivity contribution is 6.01. The molecule has 2 saturated carbocycles. The molecular formula is C21H28O5. The number of carbonyl (C=O) groups excluding carboxylic acids is 2. The summed E-state index contributed by atoms with van der Waals surface area (Å²) >= 11 is 0. The van der Waals surface area contributed by atoms with Gasteiger partial charge in [-0.2, -0.15) is 0 Å². The van der Waals surface area contributed by atoms with Crippen molar-refractivity contribution in [3.8, 4) is 0 Å². The Morgan fingerprint density at radius 2 is 2.12 bits per heavy atom. The van der Waals surface area contributed by atoms with Gasteiger partial charge in [0.25, 0.3) is 0 Å². The maximum atomic E-state index is 12.2. The van der Waals surface area contributed by atoms with Crippen LogP contribution >= 0.6 is 0 Å². The van der Waals surface area contributed by atoms with Crippen molar-refractivity contribution in [2.24, 2.45) is 34.5 Å². The molecular weight excluding hydrogens is 332 g/mol. The third kappa shape index (κ3) is 2.26. The van der Waals surface area contributed by atoms with Gasteiger partial charge in [0.2, 0.25) is 0 Å². The fourth-order valence-electron chi connectivity index (χ4n) is 6.68. The van der Waals surface area contributed by atoms with Gasteiger partial charge in [-0.3, -0.25) is 9.59 Å². The van der Waals surface area contributed by atoms with E-state index in [1.165, 1.54) is 0 Å². The van der Waals surface area contributed by atoms with Crippen molar-refractivity contribution in [1.29, 1.82) is 0 Å². The number of hydrogen-bond donors (Lipinski definition) is 2. The molecule has 0 bridgehead atoms. The molecule has 1 aliphatic heterocycles. The first-order valence-electron chi connectivity index (χ1n) is 9.61. The average molecular weight is 360 g/mol. The summed E-state index contributed by atoms with van der Waals surface area (Å²) in [5.74, 6) is 0.380. The lowest BCUT2D eigenvalue weighted by molar-refractivity contribution is -0.143. The quantitative estimate of drug-likeness (QED) is 0.783. The van der Waals surface area contributed by atoms with E-state index >= 15 is 0 Å². The Hall–Kier alpha value is -1.30. The van der Waals surface area contributed by atoms with Crippen molar-refractivity contribution in [3.63, 3.8) is 0 Å². The summed E-state index contributed by atoms with van der Waals surface area (Å²) in [6, 6.07) is 0. The van der Waals surface area contributed by atoms with E-state index in [1.807, 2.05) is 13.0 Å². The maximum Gasteiger partial charge on any atom is 0.187 e. The maximum absolute atomic E-state index is 12.2. The molecule has 3 fully saturated rings. The number of Topliss-reactive ketones (excluding diaryl/α,β-unsaturated/α-hetero) is 1. The first-order valence-corrected chi connectivity index (χ1v) is 9.61. The summed E-state index contributed by atoms with van der Waals surface area (Å²) in [6.07, 6.45) is 5.51. The fourth-order valence-corrected chi connectivity index (χ4v) is 6.68. The Balaban J connectivity index is 1.75. The normalized spacial score (nSPS) is 49.9. The van der Waals surface area contributed by atoms with Crippen molar-refractivity contribution < 1.29 is 24.5 Å². The third-order valence-corrected chi connectivity index (χ3v) is 7.74. The number of aliphatic hydroxyl groups excluding tert-OH is 2. The van der Waals surface area contributed by atoms with Gasteiger partial charge in [-0.25, -0.2) is 0 Å². The van der Waals surface area contributed by atoms with E-state index in [4.69, 9.17) is 4.74 Å². The molecule has 142 valence electrons. The van der Waals surface area contributed by atoms with Crippen LogP contribution in [0.5, 0.6) is 0 Å². The van der Waals surface area contributed by atoms with Crippen LogP contribution in [0.15, 0.2) is 23.8 Å². The Bertz CT molecular complexity index is 709. The van der Waals surface area contributed by atoms with Crippen LogP contribution in [0, 0.1) is 34.5 Å². The van der Waals surface area contributed by atoms with Gasteiger partial charge < -0.3 is 14.9 Å². The molecule has 3 unspecified atom stereocenters. The molecule has 4 rings (SSSR count). The van der Waals surface area contributed by atoms with Gasteiger partial charge in [0.1, 0.15) is 12.7 Å². The van der Waals surface area contributed by atoms with E-state index < -0.39 is 24.2 Å². The lowest BCUT2D eigenvalue weighted by Crippen LogP contribution is -2.59.